The van der Waals surface area contributed by atoms with Crippen molar-refractivity contribution in [3.8, 4) is 0 Å². The van der Waals surface area contributed by atoms with Gasteiger partial charge in [0, 0.05) is 0 Å². The van der Waals surface area contributed by atoms with Gasteiger partial charge in [0.25, 0.3) is 0 Å². The van der Waals surface area contributed by atoms with Crippen molar-refractivity contribution in [2.45, 2.75) is 102 Å². The van der Waals surface area contributed by atoms with Crippen LogP contribution in [-0.4, -0.2) is 4.21 Å². The van der Waals surface area contributed by atoms with Crippen molar-refractivity contribution in [2.75, 3.05) is 0 Å². The molecule has 0 N–H and O–H groups in total. The molecule has 2 unspecified atom stereocenters. The molecule has 0 heterocycles. The van der Waals surface area contributed by atoms with Gasteiger partial charge in [-0.25, -0.2) is 17.6 Å². The fraction of sp³-hybridized carbons (Fsp3) is 0.400. The molecule has 0 radical (unpaired) electrons. The summed E-state index contributed by atoms with van der Waals surface area (Å²) in [6, 6.07) is 30.8. The Morgan fingerprint density at radius 1 is 0.736 bits per heavy atom. The van der Waals surface area contributed by atoms with Crippen LogP contribution in [0.3, 0.4) is 0 Å². The van der Waals surface area contributed by atoms with Gasteiger partial charge in [-0.15, -0.1) is 38.2 Å². The van der Waals surface area contributed by atoms with E-state index in [0.717, 1.165) is 12.8 Å². The Balaban J connectivity index is 0.000000329. The van der Waals surface area contributed by atoms with E-state index < -0.39 is 0 Å². The van der Waals surface area contributed by atoms with Gasteiger partial charge in [0.15, 0.2) is 0 Å². The maximum atomic E-state index is 3.34. The van der Waals surface area contributed by atoms with Gasteiger partial charge in [-0.2, -0.15) is 89.0 Å². The van der Waals surface area contributed by atoms with E-state index in [4.69, 9.17) is 0 Å². The summed E-state index contributed by atoms with van der Waals surface area (Å²) < 4.78 is 3.34. The molecule has 2 atom stereocenters. The minimum absolute atomic E-state index is 0. The summed E-state index contributed by atoms with van der Waals surface area (Å²) in [5, 5.41) is 0. The molecule has 0 nitrogen and oxygen atoms in total. The normalized spacial score (nSPS) is 22.6. The van der Waals surface area contributed by atoms with Crippen LogP contribution in [0.15, 0.2) is 119 Å². The molecule has 3 aromatic carbocycles. The minimum atomic E-state index is 0. The molecule has 53 heavy (non-hydrogen) atoms. The summed E-state index contributed by atoms with van der Waals surface area (Å²) >= 11 is 1.30. The van der Waals surface area contributed by atoms with E-state index >= 15 is 0 Å². The number of benzene rings is 3. The van der Waals surface area contributed by atoms with Crippen molar-refractivity contribution in [3.63, 3.8) is 0 Å². The van der Waals surface area contributed by atoms with E-state index in [1.54, 1.807) is 28.2 Å². The number of hydrogen-bond acceptors (Lipinski definition) is 0. The van der Waals surface area contributed by atoms with Crippen LogP contribution in [0, 0.1) is 65.6 Å². The van der Waals surface area contributed by atoms with Gasteiger partial charge < -0.3 is 0 Å². The third kappa shape index (κ3) is 9.01. The van der Waals surface area contributed by atoms with E-state index in [1.165, 1.54) is 64.9 Å². The molecule has 8 rings (SSSR count). The van der Waals surface area contributed by atoms with Gasteiger partial charge in [0.1, 0.15) is 0 Å². The third-order valence-corrected chi connectivity index (χ3v) is 13.4. The number of allylic oxidation sites excluding steroid dienone is 10. The first-order valence-corrected chi connectivity index (χ1v) is 20.4. The standard InChI is InChI=1S/C29H37.2C7H7.C6H7.CH2.2ClH.Zr/c1-18-25-22-17-19-13-9-10-14-20(19)24(22)21-15-11-12-16-23(21)29(25,8)28(6,7)27(4,5)26(18,2)3;2*1-7-5-3-2-4-6-7;1-6-4-2-3-5-6;;;;/h9-11,13-15,23H,12,16-17H2,1-8H3;2*3-6H,1H3;2,4H,3H2,1H3;1H2;2*1H;/q4*-1;;;;. The molecule has 0 bridgehead atoms. The zero-order chi connectivity index (χ0) is 37.6. The molecule has 0 saturated heterocycles. The SMILES string of the molecule is CC1=[C-]CC=C1.C[C-]1C2=C3Cc4ccccc4C3=C3C=CCCC3C2(C)C(C)(C)C(C)(C)C1(C)C.Cc1cc[c-]cc1.Cc1cc[c-]cc1.Cl.Cl.[CH2]=[Zr]. The third-order valence-electron chi connectivity index (χ3n) is 13.4. The summed E-state index contributed by atoms with van der Waals surface area (Å²) in [6.45, 7) is 26.5. The average molecular weight is 825 g/mol. The summed E-state index contributed by atoms with van der Waals surface area (Å²) in [5.41, 5.74) is 14.2. The fourth-order valence-corrected chi connectivity index (χ4v) is 9.02. The van der Waals surface area contributed by atoms with E-state index in [0.29, 0.717) is 5.92 Å². The summed E-state index contributed by atoms with van der Waals surface area (Å²) in [5.74, 6) is 2.24. The molecular weight excluding hydrogens is 763 g/mol. The zero-order valence-corrected chi connectivity index (χ0v) is 38.3. The van der Waals surface area contributed by atoms with Crippen LogP contribution in [-0.2, 0) is 30.7 Å². The van der Waals surface area contributed by atoms with Crippen LogP contribution in [0.5, 0.6) is 0 Å². The predicted molar refractivity (Wildman–Crippen MR) is 232 cm³/mol. The predicted octanol–water partition coefficient (Wildman–Crippen LogP) is 14.1. The Hall–Kier alpha value is -2.44. The van der Waals surface area contributed by atoms with Gasteiger partial charge in [-0.1, -0.05) is 134 Å². The van der Waals surface area contributed by atoms with Crippen LogP contribution in [0.1, 0.15) is 104 Å². The monoisotopic (exact) mass is 822 g/mol. The maximum absolute atomic E-state index is 3.34. The summed E-state index contributed by atoms with van der Waals surface area (Å²) in [7, 11) is 0. The second kappa shape index (κ2) is 19.4. The van der Waals surface area contributed by atoms with Crippen molar-refractivity contribution in [1.29, 1.82) is 0 Å². The number of halogens is 2. The molecule has 0 amide bonds. The molecule has 1 saturated carbocycles. The van der Waals surface area contributed by atoms with E-state index in [1.807, 2.05) is 48.5 Å². The molecule has 0 aromatic heterocycles. The van der Waals surface area contributed by atoms with Crippen LogP contribution in [0.25, 0.3) is 5.57 Å². The van der Waals surface area contributed by atoms with Crippen LogP contribution in [0.4, 0.5) is 0 Å². The molecule has 5 aliphatic carbocycles. The topological polar surface area (TPSA) is 0 Å². The first-order chi connectivity index (χ1) is 24.2. The number of aryl methyl sites for hydroxylation is 2. The number of hydrogen-bond donors (Lipinski definition) is 0. The summed E-state index contributed by atoms with van der Waals surface area (Å²) in [4.78, 5) is 0. The quantitative estimate of drug-likeness (QED) is 0.198. The van der Waals surface area contributed by atoms with Crippen LogP contribution >= 0.6 is 24.8 Å². The van der Waals surface area contributed by atoms with E-state index in [2.05, 4.69) is 147 Å². The van der Waals surface area contributed by atoms with Gasteiger partial charge in [0.05, 0.1) is 0 Å². The Morgan fingerprint density at radius 2 is 1.28 bits per heavy atom. The molecule has 3 heteroatoms. The zero-order valence-electron chi connectivity index (χ0n) is 34.2. The van der Waals surface area contributed by atoms with Crippen molar-refractivity contribution in [3.05, 3.63) is 166 Å². The Kier molecular flexibility index (Phi) is 17.1. The van der Waals surface area contributed by atoms with Crippen molar-refractivity contribution < 1.29 is 24.2 Å². The number of rotatable bonds is 0. The van der Waals surface area contributed by atoms with Gasteiger partial charge in [0.2, 0.25) is 0 Å². The van der Waals surface area contributed by atoms with Crippen LogP contribution in [0.2, 0.25) is 0 Å². The molecule has 1 fully saturated rings. The Bertz CT molecular complexity index is 1760. The molecule has 0 spiro atoms. The van der Waals surface area contributed by atoms with Crippen molar-refractivity contribution in [1.82, 2.24) is 0 Å². The molecular formula is C50H62Cl2Zr-4. The van der Waals surface area contributed by atoms with Gasteiger partial charge >= 0.3 is 28.4 Å². The first-order valence-electron chi connectivity index (χ1n) is 18.7. The van der Waals surface area contributed by atoms with E-state index in [9.17, 15) is 0 Å². The molecule has 284 valence electrons. The molecule has 3 aromatic rings. The van der Waals surface area contributed by atoms with E-state index in [-0.39, 0.29) is 46.5 Å². The second-order valence-corrected chi connectivity index (χ2v) is 16.4. The summed E-state index contributed by atoms with van der Waals surface area (Å²) in [6.07, 6.45) is 16.8. The number of fused-ring (bicyclic) bond motifs is 6. The second-order valence-electron chi connectivity index (χ2n) is 16.4. The van der Waals surface area contributed by atoms with Crippen LogP contribution < -0.4 is 0 Å². The Labute approximate surface area is 351 Å². The average Bonchev–Trinajstić information content (AvgIpc) is 3.76. The Morgan fingerprint density at radius 3 is 1.74 bits per heavy atom. The van der Waals surface area contributed by atoms with Gasteiger partial charge in [-0.3, -0.25) is 6.08 Å². The fourth-order valence-electron chi connectivity index (χ4n) is 9.02. The van der Waals surface area contributed by atoms with Crippen molar-refractivity contribution in [2.24, 2.45) is 27.6 Å². The first kappa shape index (κ1) is 46.7. The van der Waals surface area contributed by atoms with Crippen molar-refractivity contribution >= 4 is 34.6 Å². The molecule has 0 aliphatic heterocycles. The molecule has 5 aliphatic rings. The van der Waals surface area contributed by atoms with Gasteiger partial charge in [-0.05, 0) is 40.6 Å².